The maximum Gasteiger partial charge on any atom is 0.339 e. The fraction of sp³-hybridized carbons (Fsp3) is 0.333. The molecule has 0 aliphatic heterocycles. The van der Waals surface area contributed by atoms with E-state index in [0.29, 0.717) is 18.8 Å². The molecule has 0 aromatic carbocycles. The lowest BCUT2D eigenvalue weighted by molar-refractivity contribution is 0.0694. The van der Waals surface area contributed by atoms with Gasteiger partial charge in [-0.1, -0.05) is 0 Å². The molecule has 2 rings (SSSR count). The SMILES string of the molecule is Cc1cnn(CCNCc2occc2C(=O)O)c1. The Morgan fingerprint density at radius 1 is 1.61 bits per heavy atom. The molecule has 0 spiro atoms. The molecule has 2 N–H and O–H groups in total. The number of hydrogen-bond acceptors (Lipinski definition) is 4. The van der Waals surface area contributed by atoms with Gasteiger partial charge in [0.1, 0.15) is 11.3 Å². The molecule has 0 amide bonds. The van der Waals surface area contributed by atoms with E-state index < -0.39 is 5.97 Å². The van der Waals surface area contributed by atoms with E-state index in [-0.39, 0.29) is 5.56 Å². The van der Waals surface area contributed by atoms with Crippen LogP contribution in [0.25, 0.3) is 0 Å². The van der Waals surface area contributed by atoms with Crippen LogP contribution in [-0.2, 0) is 13.1 Å². The molecule has 0 bridgehead atoms. The quantitative estimate of drug-likeness (QED) is 0.754. The highest BCUT2D eigenvalue weighted by Gasteiger charge is 2.12. The van der Waals surface area contributed by atoms with Gasteiger partial charge in [0, 0.05) is 12.7 Å². The van der Waals surface area contributed by atoms with E-state index in [0.717, 1.165) is 12.1 Å². The summed E-state index contributed by atoms with van der Waals surface area (Å²) in [6, 6.07) is 1.45. The summed E-state index contributed by atoms with van der Waals surface area (Å²) in [6.45, 7) is 3.81. The predicted octanol–water partition coefficient (Wildman–Crippen LogP) is 1.27. The summed E-state index contributed by atoms with van der Waals surface area (Å²) in [5, 5.41) is 16.2. The second-order valence-corrected chi connectivity index (χ2v) is 4.02. The summed E-state index contributed by atoms with van der Waals surface area (Å²) < 4.78 is 6.95. The highest BCUT2D eigenvalue weighted by atomic mass is 16.4. The number of furan rings is 1. The Balaban J connectivity index is 1.78. The van der Waals surface area contributed by atoms with Gasteiger partial charge in [-0.15, -0.1) is 0 Å². The average molecular weight is 249 g/mol. The fourth-order valence-corrected chi connectivity index (χ4v) is 1.65. The number of rotatable bonds is 6. The van der Waals surface area contributed by atoms with Crippen LogP contribution in [0.1, 0.15) is 21.7 Å². The summed E-state index contributed by atoms with van der Waals surface area (Å²) in [4.78, 5) is 10.8. The molecule has 6 heteroatoms. The number of carboxylic acid groups (broad SMARTS) is 1. The van der Waals surface area contributed by atoms with Crippen molar-refractivity contribution in [1.29, 1.82) is 0 Å². The van der Waals surface area contributed by atoms with Crippen molar-refractivity contribution >= 4 is 5.97 Å². The molecule has 18 heavy (non-hydrogen) atoms. The van der Waals surface area contributed by atoms with Crippen LogP contribution in [0.3, 0.4) is 0 Å². The number of aromatic carboxylic acids is 1. The first-order valence-electron chi connectivity index (χ1n) is 5.66. The Morgan fingerprint density at radius 3 is 3.11 bits per heavy atom. The van der Waals surface area contributed by atoms with E-state index in [1.165, 1.54) is 12.3 Å². The summed E-state index contributed by atoms with van der Waals surface area (Å²) in [5.74, 6) is -0.526. The van der Waals surface area contributed by atoms with Crippen molar-refractivity contribution < 1.29 is 14.3 Å². The van der Waals surface area contributed by atoms with Crippen molar-refractivity contribution in [2.75, 3.05) is 6.54 Å². The maximum atomic E-state index is 10.8. The summed E-state index contributed by atoms with van der Waals surface area (Å²) >= 11 is 0. The number of nitrogens with zero attached hydrogens (tertiary/aromatic N) is 2. The number of carboxylic acids is 1. The molecule has 0 saturated heterocycles. The van der Waals surface area contributed by atoms with Crippen LogP contribution in [0.5, 0.6) is 0 Å². The van der Waals surface area contributed by atoms with Gasteiger partial charge in [0.25, 0.3) is 0 Å². The molecule has 2 heterocycles. The topological polar surface area (TPSA) is 80.3 Å². The molecular weight excluding hydrogens is 234 g/mol. The Hall–Kier alpha value is -2.08. The summed E-state index contributed by atoms with van der Waals surface area (Å²) in [6.07, 6.45) is 5.14. The van der Waals surface area contributed by atoms with Gasteiger partial charge in [-0.2, -0.15) is 5.10 Å². The first-order valence-corrected chi connectivity index (χ1v) is 5.66. The lowest BCUT2D eigenvalue weighted by atomic mass is 10.2. The molecule has 0 saturated carbocycles. The van der Waals surface area contributed by atoms with Crippen LogP contribution >= 0.6 is 0 Å². The van der Waals surface area contributed by atoms with Gasteiger partial charge in [0.2, 0.25) is 0 Å². The van der Waals surface area contributed by atoms with E-state index in [1.807, 2.05) is 17.8 Å². The second kappa shape index (κ2) is 5.50. The molecule has 0 aliphatic rings. The smallest absolute Gasteiger partial charge is 0.339 e. The molecular formula is C12H15N3O3. The minimum atomic E-state index is -0.969. The van der Waals surface area contributed by atoms with Crippen molar-refractivity contribution in [2.45, 2.75) is 20.0 Å². The van der Waals surface area contributed by atoms with Crippen LogP contribution in [0.15, 0.2) is 29.1 Å². The Morgan fingerprint density at radius 2 is 2.44 bits per heavy atom. The Kier molecular flexibility index (Phi) is 3.78. The van der Waals surface area contributed by atoms with Gasteiger partial charge in [-0.05, 0) is 18.6 Å². The van der Waals surface area contributed by atoms with Gasteiger partial charge >= 0.3 is 5.97 Å². The maximum absolute atomic E-state index is 10.8. The minimum absolute atomic E-state index is 0.206. The minimum Gasteiger partial charge on any atom is -0.478 e. The van der Waals surface area contributed by atoms with Crippen molar-refractivity contribution in [1.82, 2.24) is 15.1 Å². The lowest BCUT2D eigenvalue weighted by Gasteiger charge is -2.04. The van der Waals surface area contributed by atoms with Crippen LogP contribution in [0.4, 0.5) is 0 Å². The summed E-state index contributed by atoms with van der Waals surface area (Å²) in [5.41, 5.74) is 1.33. The zero-order valence-electron chi connectivity index (χ0n) is 10.1. The first kappa shape index (κ1) is 12.4. The second-order valence-electron chi connectivity index (χ2n) is 4.02. The molecule has 0 fully saturated rings. The third-order valence-corrected chi connectivity index (χ3v) is 2.54. The van der Waals surface area contributed by atoms with Crippen molar-refractivity contribution in [3.8, 4) is 0 Å². The molecule has 0 aliphatic carbocycles. The van der Waals surface area contributed by atoms with E-state index in [2.05, 4.69) is 10.4 Å². The van der Waals surface area contributed by atoms with Crippen molar-refractivity contribution in [2.24, 2.45) is 0 Å². The van der Waals surface area contributed by atoms with Gasteiger partial charge in [0.15, 0.2) is 0 Å². The van der Waals surface area contributed by atoms with Gasteiger partial charge in [-0.25, -0.2) is 4.79 Å². The molecule has 2 aromatic heterocycles. The predicted molar refractivity (Wildman–Crippen MR) is 64.3 cm³/mol. The zero-order valence-corrected chi connectivity index (χ0v) is 10.1. The summed E-state index contributed by atoms with van der Waals surface area (Å²) in [7, 11) is 0. The molecule has 96 valence electrons. The number of nitrogens with one attached hydrogen (secondary N) is 1. The van der Waals surface area contributed by atoms with Crippen molar-refractivity contribution in [3.05, 3.63) is 41.6 Å². The molecule has 0 atom stereocenters. The van der Waals surface area contributed by atoms with E-state index in [4.69, 9.17) is 9.52 Å². The standard InChI is InChI=1S/C12H15N3O3/c1-9-6-14-15(8-9)4-3-13-7-11-10(12(16)17)2-5-18-11/h2,5-6,8,13H,3-4,7H2,1H3,(H,16,17). The lowest BCUT2D eigenvalue weighted by Crippen LogP contribution is -2.20. The van der Waals surface area contributed by atoms with Gasteiger partial charge < -0.3 is 14.8 Å². The van der Waals surface area contributed by atoms with Crippen molar-refractivity contribution in [3.63, 3.8) is 0 Å². The van der Waals surface area contributed by atoms with Crippen LogP contribution in [0, 0.1) is 6.92 Å². The highest BCUT2D eigenvalue weighted by Crippen LogP contribution is 2.09. The third kappa shape index (κ3) is 2.98. The number of hydrogen-bond donors (Lipinski definition) is 2. The first-order chi connectivity index (χ1) is 8.66. The number of aryl methyl sites for hydroxylation is 1. The average Bonchev–Trinajstić information content (AvgIpc) is 2.93. The Labute approximate surface area is 104 Å². The van der Waals surface area contributed by atoms with Crippen LogP contribution < -0.4 is 5.32 Å². The van der Waals surface area contributed by atoms with E-state index in [9.17, 15) is 4.79 Å². The Bertz CT molecular complexity index is 530. The fourth-order valence-electron chi connectivity index (χ4n) is 1.65. The number of carbonyl (C=O) groups is 1. The van der Waals surface area contributed by atoms with Gasteiger partial charge in [0.05, 0.1) is 25.5 Å². The third-order valence-electron chi connectivity index (χ3n) is 2.54. The van der Waals surface area contributed by atoms with Gasteiger partial charge in [-0.3, -0.25) is 4.68 Å². The number of aromatic nitrogens is 2. The molecule has 6 nitrogen and oxygen atoms in total. The molecule has 0 unspecified atom stereocenters. The zero-order chi connectivity index (χ0) is 13.0. The van der Waals surface area contributed by atoms with E-state index in [1.54, 1.807) is 6.20 Å². The highest BCUT2D eigenvalue weighted by molar-refractivity contribution is 5.88. The van der Waals surface area contributed by atoms with Crippen LogP contribution in [0.2, 0.25) is 0 Å². The largest absolute Gasteiger partial charge is 0.478 e. The van der Waals surface area contributed by atoms with E-state index >= 15 is 0 Å². The van der Waals surface area contributed by atoms with Crippen LogP contribution in [-0.4, -0.2) is 27.4 Å². The molecule has 0 radical (unpaired) electrons. The normalized spacial score (nSPS) is 10.7. The molecule has 2 aromatic rings. The monoisotopic (exact) mass is 249 g/mol.